The van der Waals surface area contributed by atoms with Crippen LogP contribution in [0.3, 0.4) is 0 Å². The van der Waals surface area contributed by atoms with Crippen LogP contribution in [0.15, 0.2) is 78.9 Å². The molecule has 0 spiro atoms. The van der Waals surface area contributed by atoms with Crippen LogP contribution in [-0.4, -0.2) is 19.6 Å². The van der Waals surface area contributed by atoms with E-state index in [0.717, 1.165) is 24.8 Å². The molecule has 0 aliphatic heterocycles. The highest BCUT2D eigenvalue weighted by atomic mass is 16.5. The molecule has 4 heteroatoms. The number of carbonyl (C=O) groups is 1. The van der Waals surface area contributed by atoms with Crippen molar-refractivity contribution in [2.75, 3.05) is 13.7 Å². The molecule has 4 nitrogen and oxygen atoms in total. The van der Waals surface area contributed by atoms with Crippen LogP contribution in [0.1, 0.15) is 34.3 Å². The van der Waals surface area contributed by atoms with Gasteiger partial charge in [-0.2, -0.15) is 0 Å². The molecule has 0 aliphatic carbocycles. The smallest absolute Gasteiger partial charge is 0.258 e. The third kappa shape index (κ3) is 6.11. The molecule has 0 radical (unpaired) electrons. The van der Waals surface area contributed by atoms with E-state index < -0.39 is 0 Å². The summed E-state index contributed by atoms with van der Waals surface area (Å²) >= 11 is 0. The first-order chi connectivity index (χ1) is 14.3. The number of hydrogen-bond donors (Lipinski definition) is 1. The average Bonchev–Trinajstić information content (AvgIpc) is 2.78. The minimum Gasteiger partial charge on any atom is -0.496 e. The summed E-state index contributed by atoms with van der Waals surface area (Å²) in [6.45, 7) is 1.01. The summed E-state index contributed by atoms with van der Waals surface area (Å²) in [5, 5.41) is 3.00. The maximum atomic E-state index is 12.8. The third-order valence-electron chi connectivity index (χ3n) is 4.69. The quantitative estimate of drug-likeness (QED) is 0.495. The molecule has 29 heavy (non-hydrogen) atoms. The number of amides is 1. The first-order valence-electron chi connectivity index (χ1n) is 9.94. The van der Waals surface area contributed by atoms with E-state index in [1.54, 1.807) is 19.2 Å². The molecule has 0 heterocycles. The van der Waals surface area contributed by atoms with Crippen LogP contribution in [0.25, 0.3) is 0 Å². The van der Waals surface area contributed by atoms with Crippen LogP contribution in [0.4, 0.5) is 0 Å². The predicted molar refractivity (Wildman–Crippen MR) is 115 cm³/mol. The minimum absolute atomic E-state index is 0.176. The zero-order valence-electron chi connectivity index (χ0n) is 16.8. The number of aryl methyl sites for hydroxylation is 1. The van der Waals surface area contributed by atoms with E-state index >= 15 is 0 Å². The average molecular weight is 389 g/mol. The lowest BCUT2D eigenvalue weighted by Gasteiger charge is -2.15. The lowest BCUT2D eigenvalue weighted by Crippen LogP contribution is -2.25. The van der Waals surface area contributed by atoms with Gasteiger partial charge in [0.25, 0.3) is 5.91 Å². The second kappa shape index (κ2) is 10.9. The number of unbranched alkanes of at least 4 members (excludes halogenated alkanes) is 1. The maximum Gasteiger partial charge on any atom is 0.258 e. The summed E-state index contributed by atoms with van der Waals surface area (Å²) in [7, 11) is 1.56. The van der Waals surface area contributed by atoms with Gasteiger partial charge in [-0.15, -0.1) is 0 Å². The Morgan fingerprint density at radius 1 is 0.793 bits per heavy atom. The van der Waals surface area contributed by atoms with Gasteiger partial charge in [0.15, 0.2) is 0 Å². The van der Waals surface area contributed by atoms with Crippen LogP contribution in [-0.2, 0) is 13.0 Å². The van der Waals surface area contributed by atoms with E-state index in [4.69, 9.17) is 9.47 Å². The number of carbonyl (C=O) groups excluding carboxylic acids is 1. The monoisotopic (exact) mass is 389 g/mol. The van der Waals surface area contributed by atoms with Gasteiger partial charge in [0.1, 0.15) is 23.7 Å². The SMILES string of the molecule is COc1cccc(OCc2ccccc2)c1C(=O)NCCCCc1ccccc1. The van der Waals surface area contributed by atoms with E-state index in [2.05, 4.69) is 29.6 Å². The van der Waals surface area contributed by atoms with E-state index in [9.17, 15) is 4.79 Å². The van der Waals surface area contributed by atoms with Crippen molar-refractivity contribution in [1.82, 2.24) is 5.32 Å². The lowest BCUT2D eigenvalue weighted by atomic mass is 10.1. The Morgan fingerprint density at radius 2 is 1.45 bits per heavy atom. The molecule has 3 aromatic rings. The molecule has 0 saturated carbocycles. The van der Waals surface area contributed by atoms with Gasteiger partial charge in [0, 0.05) is 6.54 Å². The first kappa shape index (κ1) is 20.5. The van der Waals surface area contributed by atoms with E-state index in [0.29, 0.717) is 30.2 Å². The van der Waals surface area contributed by atoms with E-state index in [1.165, 1.54) is 5.56 Å². The molecule has 0 bridgehead atoms. The summed E-state index contributed by atoms with van der Waals surface area (Å²) in [4.78, 5) is 12.8. The minimum atomic E-state index is -0.176. The fourth-order valence-electron chi connectivity index (χ4n) is 3.15. The van der Waals surface area contributed by atoms with Gasteiger partial charge < -0.3 is 14.8 Å². The van der Waals surface area contributed by atoms with E-state index in [-0.39, 0.29) is 5.91 Å². The van der Waals surface area contributed by atoms with Crippen molar-refractivity contribution < 1.29 is 14.3 Å². The number of ether oxygens (including phenoxy) is 2. The number of methoxy groups -OCH3 is 1. The van der Waals surface area contributed by atoms with Gasteiger partial charge in [-0.05, 0) is 42.5 Å². The molecule has 0 aliphatic rings. The lowest BCUT2D eigenvalue weighted by molar-refractivity contribution is 0.0945. The van der Waals surface area contributed by atoms with Crippen LogP contribution in [0, 0.1) is 0 Å². The van der Waals surface area contributed by atoms with Gasteiger partial charge >= 0.3 is 0 Å². The Labute approximate surface area is 172 Å². The maximum absolute atomic E-state index is 12.8. The second-order valence-electron chi connectivity index (χ2n) is 6.81. The largest absolute Gasteiger partial charge is 0.496 e. The normalized spacial score (nSPS) is 10.4. The highest BCUT2D eigenvalue weighted by Gasteiger charge is 2.18. The summed E-state index contributed by atoms with van der Waals surface area (Å²) in [5.41, 5.74) is 2.80. The van der Waals surface area contributed by atoms with Crippen LogP contribution >= 0.6 is 0 Å². The molecular formula is C25H27NO3. The molecule has 150 valence electrons. The van der Waals surface area contributed by atoms with Crippen LogP contribution in [0.2, 0.25) is 0 Å². The van der Waals surface area contributed by atoms with Crippen molar-refractivity contribution in [2.24, 2.45) is 0 Å². The molecule has 3 aromatic carbocycles. The van der Waals surface area contributed by atoms with Crippen LogP contribution < -0.4 is 14.8 Å². The number of rotatable bonds is 10. The molecule has 0 aromatic heterocycles. The molecule has 0 unspecified atom stereocenters. The summed E-state index contributed by atoms with van der Waals surface area (Å²) in [6.07, 6.45) is 2.94. The van der Waals surface area contributed by atoms with Gasteiger partial charge in [0.05, 0.1) is 7.11 Å². The third-order valence-corrected chi connectivity index (χ3v) is 4.69. The van der Waals surface area contributed by atoms with Crippen LogP contribution in [0.5, 0.6) is 11.5 Å². The van der Waals surface area contributed by atoms with Crippen molar-refractivity contribution in [3.63, 3.8) is 0 Å². The highest BCUT2D eigenvalue weighted by Crippen LogP contribution is 2.29. The Kier molecular flexibility index (Phi) is 7.70. The fraction of sp³-hybridized carbons (Fsp3) is 0.240. The Bertz CT molecular complexity index is 894. The van der Waals surface area contributed by atoms with Crippen molar-refractivity contribution in [1.29, 1.82) is 0 Å². The standard InChI is InChI=1S/C25H27NO3/c1-28-22-16-10-17-23(29-19-21-14-6-3-7-15-21)24(22)25(27)26-18-9-8-13-20-11-4-2-5-12-20/h2-7,10-12,14-17H,8-9,13,18-19H2,1H3,(H,26,27). The number of hydrogen-bond acceptors (Lipinski definition) is 3. The summed E-state index contributed by atoms with van der Waals surface area (Å²) < 4.78 is 11.3. The second-order valence-corrected chi connectivity index (χ2v) is 6.81. The zero-order valence-corrected chi connectivity index (χ0v) is 16.8. The number of benzene rings is 3. The van der Waals surface area contributed by atoms with Crippen molar-refractivity contribution in [2.45, 2.75) is 25.9 Å². The van der Waals surface area contributed by atoms with Gasteiger partial charge in [-0.25, -0.2) is 0 Å². The molecule has 1 N–H and O–H groups in total. The summed E-state index contributed by atoms with van der Waals surface area (Å²) in [6, 6.07) is 25.7. The summed E-state index contributed by atoms with van der Waals surface area (Å²) in [5.74, 6) is 0.859. The first-order valence-corrected chi connectivity index (χ1v) is 9.94. The van der Waals surface area contributed by atoms with Crippen molar-refractivity contribution in [3.05, 3.63) is 95.6 Å². The number of nitrogens with one attached hydrogen (secondary N) is 1. The van der Waals surface area contributed by atoms with Gasteiger partial charge in [-0.1, -0.05) is 66.7 Å². The zero-order chi connectivity index (χ0) is 20.3. The highest BCUT2D eigenvalue weighted by molar-refractivity contribution is 5.99. The van der Waals surface area contributed by atoms with Crippen molar-refractivity contribution >= 4 is 5.91 Å². The molecule has 1 amide bonds. The Morgan fingerprint density at radius 3 is 2.14 bits per heavy atom. The van der Waals surface area contributed by atoms with Gasteiger partial charge in [-0.3, -0.25) is 4.79 Å². The molecule has 0 saturated heterocycles. The van der Waals surface area contributed by atoms with E-state index in [1.807, 2.05) is 42.5 Å². The Hall–Kier alpha value is -3.27. The molecular weight excluding hydrogens is 362 g/mol. The van der Waals surface area contributed by atoms with Gasteiger partial charge in [0.2, 0.25) is 0 Å². The Balaban J connectivity index is 1.56. The topological polar surface area (TPSA) is 47.6 Å². The molecule has 0 atom stereocenters. The fourth-order valence-corrected chi connectivity index (χ4v) is 3.15. The molecule has 3 rings (SSSR count). The predicted octanol–water partition coefficient (Wildman–Crippen LogP) is 5.03. The van der Waals surface area contributed by atoms with Crippen molar-refractivity contribution in [3.8, 4) is 11.5 Å². The molecule has 0 fully saturated rings.